The van der Waals surface area contributed by atoms with Crippen molar-refractivity contribution in [3.63, 3.8) is 0 Å². The van der Waals surface area contributed by atoms with Gasteiger partial charge in [-0.15, -0.1) is 0 Å². The van der Waals surface area contributed by atoms with Crippen LogP contribution in [0.5, 0.6) is 0 Å². The van der Waals surface area contributed by atoms with Crippen LogP contribution in [-0.4, -0.2) is 47.3 Å². The zero-order valence-electron chi connectivity index (χ0n) is 12.0. The van der Waals surface area contributed by atoms with E-state index in [2.05, 4.69) is 10.2 Å². The number of likely N-dealkylation sites (tertiary alicyclic amines) is 1. The molecule has 2 saturated heterocycles. The van der Waals surface area contributed by atoms with Crippen LogP contribution in [0.1, 0.15) is 29.6 Å². The third-order valence-corrected chi connectivity index (χ3v) is 4.84. The molecule has 21 heavy (non-hydrogen) atoms. The molecule has 0 bridgehead atoms. The van der Waals surface area contributed by atoms with Crippen molar-refractivity contribution in [3.05, 3.63) is 30.0 Å². The lowest BCUT2D eigenvalue weighted by molar-refractivity contribution is -0.00159. The van der Waals surface area contributed by atoms with Crippen LogP contribution in [-0.2, 0) is 4.74 Å². The molecule has 1 aromatic heterocycles. The Bertz CT molecular complexity index is 673. The normalized spacial score (nSPS) is 25.8. The Hall–Kier alpha value is -1.88. The van der Waals surface area contributed by atoms with E-state index in [0.717, 1.165) is 55.6 Å². The van der Waals surface area contributed by atoms with Crippen molar-refractivity contribution in [2.75, 3.05) is 26.3 Å². The maximum Gasteiger partial charge on any atom is 0.256 e. The number of benzene rings is 1. The Labute approximate surface area is 123 Å². The first-order valence-corrected chi connectivity index (χ1v) is 7.57. The molecule has 3 heterocycles. The maximum atomic E-state index is 12.8. The number of nitrogens with zero attached hydrogens (tertiary/aromatic N) is 2. The number of amides is 1. The molecule has 1 N–H and O–H groups in total. The summed E-state index contributed by atoms with van der Waals surface area (Å²) in [6, 6.07) is 5.77. The summed E-state index contributed by atoms with van der Waals surface area (Å²) in [4.78, 5) is 14.8. The number of hydrogen-bond acceptors (Lipinski definition) is 3. The Morgan fingerprint density at radius 2 is 2.33 bits per heavy atom. The highest BCUT2D eigenvalue weighted by Gasteiger charge is 2.41. The van der Waals surface area contributed by atoms with E-state index in [9.17, 15) is 4.79 Å². The fraction of sp³-hybridized carbons (Fsp3) is 0.500. The van der Waals surface area contributed by atoms with Crippen LogP contribution >= 0.6 is 0 Å². The molecule has 0 aliphatic carbocycles. The van der Waals surface area contributed by atoms with Crippen molar-refractivity contribution >= 4 is 16.8 Å². The monoisotopic (exact) mass is 285 g/mol. The summed E-state index contributed by atoms with van der Waals surface area (Å²) in [5.74, 6) is 0.104. The molecule has 2 aliphatic heterocycles. The largest absolute Gasteiger partial charge is 0.381 e. The van der Waals surface area contributed by atoms with Crippen LogP contribution in [0.4, 0.5) is 0 Å². The first-order chi connectivity index (χ1) is 10.3. The highest BCUT2D eigenvalue weighted by Crippen LogP contribution is 2.38. The van der Waals surface area contributed by atoms with Crippen LogP contribution < -0.4 is 0 Å². The molecule has 0 radical (unpaired) electrons. The molecule has 0 saturated carbocycles. The number of H-pyrrole nitrogens is 1. The predicted octanol–water partition coefficient (Wildman–Crippen LogP) is 2.21. The third-order valence-electron chi connectivity index (χ3n) is 4.84. The Kier molecular flexibility index (Phi) is 2.96. The quantitative estimate of drug-likeness (QED) is 0.874. The van der Waals surface area contributed by atoms with Gasteiger partial charge < -0.3 is 9.64 Å². The summed E-state index contributed by atoms with van der Waals surface area (Å²) in [5, 5.41) is 7.96. The van der Waals surface area contributed by atoms with Gasteiger partial charge in [-0.25, -0.2) is 0 Å². The van der Waals surface area contributed by atoms with E-state index in [0.29, 0.717) is 0 Å². The van der Waals surface area contributed by atoms with Crippen LogP contribution in [0.25, 0.3) is 10.9 Å². The average molecular weight is 285 g/mol. The van der Waals surface area contributed by atoms with Gasteiger partial charge in [-0.1, -0.05) is 12.1 Å². The van der Waals surface area contributed by atoms with Gasteiger partial charge >= 0.3 is 0 Å². The van der Waals surface area contributed by atoms with Crippen LogP contribution in [0.2, 0.25) is 0 Å². The van der Waals surface area contributed by atoms with E-state index < -0.39 is 0 Å². The zero-order chi connectivity index (χ0) is 14.3. The van der Waals surface area contributed by atoms with Crippen molar-refractivity contribution in [1.29, 1.82) is 0 Å². The summed E-state index contributed by atoms with van der Waals surface area (Å²) < 4.78 is 5.64. The van der Waals surface area contributed by atoms with Crippen molar-refractivity contribution in [1.82, 2.24) is 15.1 Å². The van der Waals surface area contributed by atoms with Gasteiger partial charge in [0, 0.05) is 30.5 Å². The first-order valence-electron chi connectivity index (χ1n) is 7.57. The zero-order valence-corrected chi connectivity index (χ0v) is 12.0. The van der Waals surface area contributed by atoms with Gasteiger partial charge in [-0.2, -0.15) is 5.10 Å². The molecule has 2 aromatic rings. The number of rotatable bonds is 1. The third kappa shape index (κ3) is 2.12. The summed E-state index contributed by atoms with van der Waals surface area (Å²) in [6.45, 7) is 3.30. The van der Waals surface area contributed by atoms with Gasteiger partial charge in [0.15, 0.2) is 0 Å². The molecule has 2 fully saturated rings. The van der Waals surface area contributed by atoms with Crippen LogP contribution in [0, 0.1) is 5.41 Å². The van der Waals surface area contributed by atoms with E-state index in [1.165, 1.54) is 6.42 Å². The van der Waals surface area contributed by atoms with E-state index in [1.54, 1.807) is 6.20 Å². The van der Waals surface area contributed by atoms with Gasteiger partial charge in [0.2, 0.25) is 0 Å². The molecule has 1 spiro atoms. The minimum Gasteiger partial charge on any atom is -0.381 e. The summed E-state index contributed by atoms with van der Waals surface area (Å²) in [5.41, 5.74) is 1.75. The van der Waals surface area contributed by atoms with Crippen molar-refractivity contribution < 1.29 is 9.53 Å². The molecular formula is C16H19N3O2. The number of carbonyl (C=O) groups excluding carboxylic acids is 1. The number of aromatic nitrogens is 2. The predicted molar refractivity (Wildman–Crippen MR) is 79.1 cm³/mol. The first kappa shape index (κ1) is 12.8. The number of fused-ring (bicyclic) bond motifs is 1. The van der Waals surface area contributed by atoms with Crippen molar-refractivity contribution in [2.24, 2.45) is 5.41 Å². The Morgan fingerprint density at radius 1 is 1.38 bits per heavy atom. The molecule has 1 aromatic carbocycles. The topological polar surface area (TPSA) is 58.2 Å². The van der Waals surface area contributed by atoms with Crippen LogP contribution in [0.3, 0.4) is 0 Å². The van der Waals surface area contributed by atoms with E-state index in [-0.39, 0.29) is 11.3 Å². The van der Waals surface area contributed by atoms with Gasteiger partial charge in [-0.3, -0.25) is 9.89 Å². The summed E-state index contributed by atoms with van der Waals surface area (Å²) in [7, 11) is 0. The second-order valence-corrected chi connectivity index (χ2v) is 6.27. The Balaban J connectivity index is 1.59. The second kappa shape index (κ2) is 4.84. The van der Waals surface area contributed by atoms with Crippen LogP contribution in [0.15, 0.2) is 24.4 Å². The number of carbonyl (C=O) groups is 1. The van der Waals surface area contributed by atoms with Gasteiger partial charge in [0.05, 0.1) is 23.9 Å². The molecule has 1 amide bonds. The minimum atomic E-state index is 0.104. The van der Waals surface area contributed by atoms with Crippen molar-refractivity contribution in [3.8, 4) is 0 Å². The fourth-order valence-electron chi connectivity index (χ4n) is 3.66. The van der Waals surface area contributed by atoms with Gasteiger partial charge in [0.25, 0.3) is 5.91 Å². The fourth-order valence-corrected chi connectivity index (χ4v) is 3.66. The van der Waals surface area contributed by atoms with E-state index in [4.69, 9.17) is 4.74 Å². The molecule has 110 valence electrons. The number of para-hydroxylation sites is 1. The lowest BCUT2D eigenvalue weighted by Gasteiger charge is -2.33. The molecule has 1 unspecified atom stereocenters. The van der Waals surface area contributed by atoms with Gasteiger partial charge in [0.1, 0.15) is 0 Å². The van der Waals surface area contributed by atoms with Crippen molar-refractivity contribution in [2.45, 2.75) is 19.3 Å². The molecule has 5 nitrogen and oxygen atoms in total. The smallest absolute Gasteiger partial charge is 0.256 e. The minimum absolute atomic E-state index is 0.104. The van der Waals surface area contributed by atoms with E-state index >= 15 is 0 Å². The number of nitrogens with one attached hydrogen (secondary N) is 1. The standard InChI is InChI=1S/C16H19N3O2/c20-15(13-4-1-3-12-9-17-18-14(12)13)19-7-6-16(10-19)5-2-8-21-11-16/h1,3-4,9H,2,5-8,10-11H2,(H,17,18). The summed E-state index contributed by atoms with van der Waals surface area (Å²) in [6.07, 6.45) is 5.09. The average Bonchev–Trinajstić information content (AvgIpc) is 3.14. The van der Waals surface area contributed by atoms with E-state index in [1.807, 2.05) is 23.1 Å². The highest BCUT2D eigenvalue weighted by molar-refractivity contribution is 6.05. The van der Waals surface area contributed by atoms with Gasteiger partial charge in [-0.05, 0) is 25.3 Å². The molecule has 2 aliphatic rings. The molecule has 4 rings (SSSR count). The lowest BCUT2D eigenvalue weighted by atomic mass is 9.82. The highest BCUT2D eigenvalue weighted by atomic mass is 16.5. The Morgan fingerprint density at radius 3 is 3.19 bits per heavy atom. The second-order valence-electron chi connectivity index (χ2n) is 6.27. The number of ether oxygens (including phenoxy) is 1. The number of hydrogen-bond donors (Lipinski definition) is 1. The molecule has 1 atom stereocenters. The summed E-state index contributed by atoms with van der Waals surface area (Å²) >= 11 is 0. The lowest BCUT2D eigenvalue weighted by Crippen LogP contribution is -2.37. The SMILES string of the molecule is O=C(c1cccc2cn[nH]c12)N1CCC2(CCCOC2)C1. The number of aromatic amines is 1. The molecule has 5 heteroatoms. The molecular weight excluding hydrogens is 266 g/mol. The maximum absolute atomic E-state index is 12.8.